The fourth-order valence-corrected chi connectivity index (χ4v) is 4.99. The van der Waals surface area contributed by atoms with E-state index in [1.54, 1.807) is 39.0 Å². The van der Waals surface area contributed by atoms with Crippen molar-refractivity contribution in [3.05, 3.63) is 75.2 Å². The summed E-state index contributed by atoms with van der Waals surface area (Å²) in [5.41, 5.74) is 5.81. The molecule has 1 fully saturated rings. The van der Waals surface area contributed by atoms with Crippen LogP contribution in [0.4, 0.5) is 10.5 Å². The molecule has 1 aliphatic rings. The second-order valence-electron chi connectivity index (χ2n) is 11.1. The molecule has 12 heteroatoms. The fraction of sp³-hybridized carbons (Fsp3) is 0.387. The number of rotatable bonds is 8. The Morgan fingerprint density at radius 2 is 1.88 bits per heavy atom. The van der Waals surface area contributed by atoms with Crippen molar-refractivity contribution in [2.75, 3.05) is 12.4 Å². The van der Waals surface area contributed by atoms with Crippen LogP contribution in [0, 0.1) is 6.92 Å². The molecule has 0 aliphatic carbocycles. The lowest BCUT2D eigenvalue weighted by molar-refractivity contribution is -0.304. The van der Waals surface area contributed by atoms with Gasteiger partial charge in [0.05, 0.1) is 5.60 Å². The molecule has 2 aromatic carbocycles. The zero-order valence-corrected chi connectivity index (χ0v) is 24.8. The second-order valence-corrected chi connectivity index (χ2v) is 11.1. The summed E-state index contributed by atoms with van der Waals surface area (Å²) in [6, 6.07) is 9.15. The van der Waals surface area contributed by atoms with Gasteiger partial charge in [-0.15, -0.1) is 0 Å². The number of aryl methyl sites for hydroxylation is 1. The van der Waals surface area contributed by atoms with E-state index in [0.29, 0.717) is 22.9 Å². The second kappa shape index (κ2) is 12.5. The Morgan fingerprint density at radius 1 is 1.16 bits per heavy atom. The Morgan fingerprint density at radius 3 is 2.53 bits per heavy atom. The smallest absolute Gasteiger partial charge is 0.404 e. The molecule has 12 nitrogen and oxygen atoms in total. The number of aliphatic hydroxyl groups is 1. The SMILES string of the molecule is CO[C@@H]1[C@@H](OC(N)=O)[C@H](O)C(Oc2ccc3cc(NC(=O)c4ccc(O)c(CC=C(C)C)c4)c(=O)oc3c2C)OC1(C)C. The van der Waals surface area contributed by atoms with Gasteiger partial charge in [-0.2, -0.15) is 0 Å². The largest absolute Gasteiger partial charge is 0.508 e. The van der Waals surface area contributed by atoms with Gasteiger partial charge in [0.25, 0.3) is 5.91 Å². The van der Waals surface area contributed by atoms with Crippen LogP contribution in [0.3, 0.4) is 0 Å². The maximum absolute atomic E-state index is 13.0. The summed E-state index contributed by atoms with van der Waals surface area (Å²) in [5.74, 6) is -0.249. The van der Waals surface area contributed by atoms with Crippen LogP contribution < -0.4 is 21.4 Å². The Bertz CT molecular complexity index is 1620. The van der Waals surface area contributed by atoms with E-state index in [2.05, 4.69) is 5.32 Å². The standard InChI is InChI=1S/C31H36N2O10/c1-15(2)7-8-17-13-19(9-11-21(17)34)27(36)33-20-14-18-10-12-22(16(3)24(18)41-28(20)37)40-29-23(35)25(42-30(32)38)26(39-6)31(4,5)43-29/h7,9-14,23,25-26,29,34-35H,8H2,1-6H3,(H2,32,38)(H,33,36)/t23-,25-,26+,29?/m0/s1. The van der Waals surface area contributed by atoms with Gasteiger partial charge >= 0.3 is 11.7 Å². The average Bonchev–Trinajstić information content (AvgIpc) is 2.92. The molecular weight excluding hydrogens is 560 g/mol. The van der Waals surface area contributed by atoms with E-state index in [1.165, 1.54) is 25.3 Å². The monoisotopic (exact) mass is 596 g/mol. The number of phenolic OH excluding ortho intramolecular Hbond substituents is 1. The molecule has 0 bridgehead atoms. The maximum Gasteiger partial charge on any atom is 0.404 e. The normalized spacial score (nSPS) is 21.2. The number of fused-ring (bicyclic) bond motifs is 1. The van der Waals surface area contributed by atoms with Crippen molar-refractivity contribution in [3.8, 4) is 11.5 Å². The van der Waals surface area contributed by atoms with E-state index in [1.807, 2.05) is 19.9 Å². The number of benzene rings is 2. The van der Waals surface area contributed by atoms with Gasteiger partial charge in [-0.1, -0.05) is 11.6 Å². The molecule has 230 valence electrons. The number of phenols is 1. The van der Waals surface area contributed by atoms with Gasteiger partial charge in [-0.25, -0.2) is 9.59 Å². The lowest BCUT2D eigenvalue weighted by Crippen LogP contribution is -2.65. The third-order valence-corrected chi connectivity index (χ3v) is 7.19. The van der Waals surface area contributed by atoms with Crippen molar-refractivity contribution < 1.29 is 43.2 Å². The average molecular weight is 597 g/mol. The minimum Gasteiger partial charge on any atom is -0.508 e. The summed E-state index contributed by atoms with van der Waals surface area (Å²) in [6.45, 7) is 8.89. The number of hydrogen-bond donors (Lipinski definition) is 4. The number of carbonyl (C=O) groups is 2. The predicted octanol–water partition coefficient (Wildman–Crippen LogP) is 3.92. The number of nitrogens with one attached hydrogen (secondary N) is 1. The van der Waals surface area contributed by atoms with Gasteiger partial charge < -0.3 is 44.6 Å². The van der Waals surface area contributed by atoms with Crippen LogP contribution in [0.1, 0.15) is 49.2 Å². The molecule has 0 spiro atoms. The highest BCUT2D eigenvalue weighted by Crippen LogP contribution is 2.36. The zero-order chi connectivity index (χ0) is 31.6. The number of anilines is 1. The highest BCUT2D eigenvalue weighted by Gasteiger charge is 2.53. The van der Waals surface area contributed by atoms with Crippen molar-refractivity contribution in [1.29, 1.82) is 0 Å². The lowest BCUT2D eigenvalue weighted by atomic mass is 9.89. The highest BCUT2D eigenvalue weighted by molar-refractivity contribution is 6.05. The first-order valence-corrected chi connectivity index (χ1v) is 13.6. The van der Waals surface area contributed by atoms with Crippen molar-refractivity contribution in [2.24, 2.45) is 5.73 Å². The molecule has 2 amide bonds. The minimum absolute atomic E-state index is 0.0666. The number of methoxy groups -OCH3 is 1. The van der Waals surface area contributed by atoms with Crippen LogP contribution in [0.2, 0.25) is 0 Å². The van der Waals surface area contributed by atoms with Gasteiger partial charge in [-0.05, 0) is 83.0 Å². The molecule has 4 rings (SSSR count). The molecular formula is C31H36N2O10. The summed E-state index contributed by atoms with van der Waals surface area (Å²) in [6.07, 6.45) is -3.50. The Kier molecular flexibility index (Phi) is 9.14. The Hall–Kier alpha value is -4.39. The third-order valence-electron chi connectivity index (χ3n) is 7.19. The number of carbonyl (C=O) groups excluding carboxylic acids is 2. The van der Waals surface area contributed by atoms with E-state index in [4.69, 9.17) is 29.1 Å². The minimum atomic E-state index is -1.47. The maximum atomic E-state index is 13.0. The quantitative estimate of drug-likeness (QED) is 0.220. The molecule has 43 heavy (non-hydrogen) atoms. The summed E-state index contributed by atoms with van der Waals surface area (Å²) in [7, 11) is 1.39. The molecule has 1 unspecified atom stereocenters. The molecule has 4 atom stereocenters. The fourth-order valence-electron chi connectivity index (χ4n) is 4.99. The van der Waals surface area contributed by atoms with Crippen LogP contribution in [0.5, 0.6) is 11.5 Å². The number of allylic oxidation sites excluding steroid dienone is 2. The first kappa shape index (κ1) is 31.5. The summed E-state index contributed by atoms with van der Waals surface area (Å²) < 4.78 is 28.0. The van der Waals surface area contributed by atoms with Gasteiger partial charge in [0.1, 0.15) is 28.9 Å². The molecule has 0 saturated carbocycles. The third kappa shape index (κ3) is 6.82. The lowest BCUT2D eigenvalue weighted by Gasteiger charge is -2.47. The summed E-state index contributed by atoms with van der Waals surface area (Å²) >= 11 is 0. The molecule has 1 aromatic heterocycles. The summed E-state index contributed by atoms with van der Waals surface area (Å²) in [5, 5.41) is 24.2. The van der Waals surface area contributed by atoms with Crippen LogP contribution >= 0.6 is 0 Å². The molecule has 1 saturated heterocycles. The highest BCUT2D eigenvalue weighted by atomic mass is 16.7. The number of hydrogen-bond acceptors (Lipinski definition) is 10. The Balaban J connectivity index is 1.58. The topological polar surface area (TPSA) is 180 Å². The molecule has 3 aromatic rings. The van der Waals surface area contributed by atoms with Gasteiger partial charge in [0.2, 0.25) is 6.29 Å². The summed E-state index contributed by atoms with van der Waals surface area (Å²) in [4.78, 5) is 37.4. The molecule has 1 aliphatic heterocycles. The number of ether oxygens (including phenoxy) is 4. The van der Waals surface area contributed by atoms with Gasteiger partial charge in [0, 0.05) is 23.6 Å². The van der Waals surface area contributed by atoms with Crippen LogP contribution in [0.25, 0.3) is 11.0 Å². The van der Waals surface area contributed by atoms with Crippen molar-refractivity contribution >= 4 is 28.7 Å². The molecule has 2 heterocycles. The van der Waals surface area contributed by atoms with E-state index >= 15 is 0 Å². The van der Waals surface area contributed by atoms with Crippen molar-refractivity contribution in [1.82, 2.24) is 0 Å². The molecule has 0 radical (unpaired) electrons. The van der Waals surface area contributed by atoms with E-state index in [0.717, 1.165) is 5.57 Å². The van der Waals surface area contributed by atoms with E-state index in [9.17, 15) is 24.6 Å². The number of amides is 2. The predicted molar refractivity (Wildman–Crippen MR) is 157 cm³/mol. The van der Waals surface area contributed by atoms with Crippen LogP contribution in [-0.4, -0.2) is 59.5 Å². The van der Waals surface area contributed by atoms with Gasteiger partial charge in [0.15, 0.2) is 12.2 Å². The van der Waals surface area contributed by atoms with Gasteiger partial charge in [-0.3, -0.25) is 4.79 Å². The first-order chi connectivity index (χ1) is 20.2. The van der Waals surface area contributed by atoms with E-state index < -0.39 is 47.8 Å². The molecule has 5 N–H and O–H groups in total. The Labute approximate surface area is 248 Å². The van der Waals surface area contributed by atoms with Crippen LogP contribution in [0.15, 0.2) is 57.3 Å². The zero-order valence-electron chi connectivity index (χ0n) is 24.8. The van der Waals surface area contributed by atoms with Crippen molar-refractivity contribution in [3.63, 3.8) is 0 Å². The number of primary amides is 1. The number of nitrogens with two attached hydrogens (primary N) is 1. The number of aliphatic hydroxyl groups excluding tert-OH is 1. The van der Waals surface area contributed by atoms with E-state index in [-0.39, 0.29) is 28.3 Å². The first-order valence-electron chi connectivity index (χ1n) is 13.6. The number of aromatic hydroxyl groups is 1. The van der Waals surface area contributed by atoms with Crippen LogP contribution in [-0.2, 0) is 20.6 Å². The van der Waals surface area contributed by atoms with Crippen molar-refractivity contribution in [2.45, 2.75) is 71.2 Å².